The molecule has 1 amide bonds. The van der Waals surface area contributed by atoms with Crippen LogP contribution in [0.15, 0.2) is 30.3 Å². The number of nitriles is 1. The maximum atomic E-state index is 12.8. The van der Waals surface area contributed by atoms with Gasteiger partial charge in [-0.15, -0.1) is 0 Å². The Bertz CT molecular complexity index is 527. The number of hydrogen-bond donors (Lipinski definition) is 1. The minimum Gasteiger partial charge on any atom is -0.395 e. The van der Waals surface area contributed by atoms with Gasteiger partial charge in [0.15, 0.2) is 0 Å². The molecule has 1 aliphatic heterocycles. The summed E-state index contributed by atoms with van der Waals surface area (Å²) in [5.41, 5.74) is 1.08. The summed E-state index contributed by atoms with van der Waals surface area (Å²) in [4.78, 5) is 16.8. The van der Waals surface area contributed by atoms with Crippen molar-refractivity contribution >= 4 is 5.91 Å². The summed E-state index contributed by atoms with van der Waals surface area (Å²) in [5, 5.41) is 18.0. The summed E-state index contributed by atoms with van der Waals surface area (Å²) in [7, 11) is 0. The van der Waals surface area contributed by atoms with Crippen LogP contribution in [0.25, 0.3) is 0 Å². The van der Waals surface area contributed by atoms with Gasteiger partial charge < -0.3 is 14.9 Å². The minimum absolute atomic E-state index is 0.0244. The van der Waals surface area contributed by atoms with Gasteiger partial charge in [-0.3, -0.25) is 4.79 Å². The lowest BCUT2D eigenvalue weighted by atomic mass is 9.96. The zero-order chi connectivity index (χ0) is 16.5. The van der Waals surface area contributed by atoms with Crippen molar-refractivity contribution in [2.75, 3.05) is 32.8 Å². The van der Waals surface area contributed by atoms with E-state index in [0.29, 0.717) is 19.5 Å². The molecule has 5 nitrogen and oxygen atoms in total. The van der Waals surface area contributed by atoms with Gasteiger partial charge >= 0.3 is 0 Å². The van der Waals surface area contributed by atoms with Crippen LogP contribution in [0.2, 0.25) is 0 Å². The van der Waals surface area contributed by atoms with Gasteiger partial charge in [0.25, 0.3) is 0 Å². The normalized spacial score (nSPS) is 18.3. The molecule has 1 unspecified atom stereocenters. The second-order valence-corrected chi connectivity index (χ2v) is 6.02. The first-order valence-corrected chi connectivity index (χ1v) is 8.27. The number of amides is 1. The monoisotopic (exact) mass is 315 g/mol. The first-order chi connectivity index (χ1) is 11.2. The van der Waals surface area contributed by atoms with Crippen LogP contribution < -0.4 is 0 Å². The molecular formula is C18H25N3O2. The van der Waals surface area contributed by atoms with Crippen molar-refractivity contribution < 1.29 is 9.90 Å². The standard InChI is InChI=1S/C18H25N3O2/c19-9-5-11-20-10-4-8-17(15-20)18(23)21(12-13-22)14-16-6-2-1-3-7-16/h1-3,6-7,17,22H,4-5,8,10-15H2. The van der Waals surface area contributed by atoms with Gasteiger partial charge in [-0.2, -0.15) is 5.26 Å². The van der Waals surface area contributed by atoms with Gasteiger partial charge in [0, 0.05) is 32.6 Å². The molecule has 124 valence electrons. The van der Waals surface area contributed by atoms with E-state index < -0.39 is 0 Å². The van der Waals surface area contributed by atoms with Gasteiger partial charge in [0.1, 0.15) is 0 Å². The summed E-state index contributed by atoms with van der Waals surface area (Å²) in [6.45, 7) is 3.29. The zero-order valence-corrected chi connectivity index (χ0v) is 13.5. The molecule has 1 aromatic rings. The number of carbonyl (C=O) groups is 1. The van der Waals surface area contributed by atoms with E-state index in [2.05, 4.69) is 11.0 Å². The van der Waals surface area contributed by atoms with Crippen molar-refractivity contribution in [3.63, 3.8) is 0 Å². The smallest absolute Gasteiger partial charge is 0.227 e. The fraction of sp³-hybridized carbons (Fsp3) is 0.556. The van der Waals surface area contributed by atoms with Crippen LogP contribution in [0.1, 0.15) is 24.8 Å². The molecule has 1 fully saturated rings. The third-order valence-electron chi connectivity index (χ3n) is 4.29. The van der Waals surface area contributed by atoms with Crippen molar-refractivity contribution in [1.29, 1.82) is 5.26 Å². The molecule has 0 aromatic heterocycles. The predicted molar refractivity (Wildman–Crippen MR) is 88.3 cm³/mol. The molecule has 1 aliphatic rings. The number of hydrogen-bond acceptors (Lipinski definition) is 4. The van der Waals surface area contributed by atoms with E-state index in [0.717, 1.165) is 38.0 Å². The molecule has 0 bridgehead atoms. The number of benzene rings is 1. The van der Waals surface area contributed by atoms with E-state index in [1.807, 2.05) is 30.3 Å². The second kappa shape index (κ2) is 9.29. The van der Waals surface area contributed by atoms with Gasteiger partial charge in [-0.25, -0.2) is 0 Å². The molecule has 2 rings (SSSR count). The Labute approximate surface area is 138 Å². The first-order valence-electron chi connectivity index (χ1n) is 8.27. The van der Waals surface area contributed by atoms with E-state index in [1.54, 1.807) is 4.90 Å². The lowest BCUT2D eigenvalue weighted by Gasteiger charge is -2.34. The average Bonchev–Trinajstić information content (AvgIpc) is 2.60. The number of aliphatic hydroxyl groups excluding tert-OH is 1. The lowest BCUT2D eigenvalue weighted by Crippen LogP contribution is -2.45. The maximum Gasteiger partial charge on any atom is 0.227 e. The van der Waals surface area contributed by atoms with Gasteiger partial charge in [-0.05, 0) is 24.9 Å². The first kappa shape index (κ1) is 17.5. The van der Waals surface area contributed by atoms with Crippen LogP contribution in [0.5, 0.6) is 0 Å². The number of likely N-dealkylation sites (tertiary alicyclic amines) is 1. The molecule has 1 atom stereocenters. The predicted octanol–water partition coefficient (Wildman–Crippen LogP) is 1.63. The van der Waals surface area contributed by atoms with Crippen LogP contribution in [0, 0.1) is 17.2 Å². The molecule has 5 heteroatoms. The van der Waals surface area contributed by atoms with Crippen LogP contribution in [-0.2, 0) is 11.3 Å². The Morgan fingerprint density at radius 3 is 2.87 bits per heavy atom. The molecule has 1 N–H and O–H groups in total. The maximum absolute atomic E-state index is 12.8. The molecule has 0 aliphatic carbocycles. The van der Waals surface area contributed by atoms with Crippen molar-refractivity contribution in [2.24, 2.45) is 5.92 Å². The molecule has 1 heterocycles. The van der Waals surface area contributed by atoms with Crippen LogP contribution >= 0.6 is 0 Å². The number of nitrogens with zero attached hydrogens (tertiary/aromatic N) is 3. The fourth-order valence-electron chi connectivity index (χ4n) is 3.12. The largest absolute Gasteiger partial charge is 0.395 e. The Morgan fingerprint density at radius 2 is 2.17 bits per heavy atom. The van der Waals surface area contributed by atoms with Crippen molar-refractivity contribution in [3.8, 4) is 6.07 Å². The third kappa shape index (κ3) is 5.34. The number of rotatable bonds is 7. The van der Waals surface area contributed by atoms with Gasteiger partial charge in [0.05, 0.1) is 18.6 Å². The molecule has 0 saturated carbocycles. The van der Waals surface area contributed by atoms with Crippen molar-refractivity contribution in [3.05, 3.63) is 35.9 Å². The quantitative estimate of drug-likeness (QED) is 0.830. The van der Waals surface area contributed by atoms with E-state index in [4.69, 9.17) is 5.26 Å². The molecule has 0 radical (unpaired) electrons. The highest BCUT2D eigenvalue weighted by Crippen LogP contribution is 2.20. The number of carbonyl (C=O) groups excluding carboxylic acids is 1. The molecule has 1 aromatic carbocycles. The van der Waals surface area contributed by atoms with E-state index in [1.165, 1.54) is 0 Å². The second-order valence-electron chi connectivity index (χ2n) is 6.02. The highest BCUT2D eigenvalue weighted by Gasteiger charge is 2.28. The Balaban J connectivity index is 1.98. The van der Waals surface area contributed by atoms with Crippen LogP contribution in [-0.4, -0.2) is 53.6 Å². The summed E-state index contributed by atoms with van der Waals surface area (Å²) in [6, 6.07) is 12.0. The van der Waals surface area contributed by atoms with Crippen molar-refractivity contribution in [1.82, 2.24) is 9.80 Å². The van der Waals surface area contributed by atoms with E-state index in [-0.39, 0.29) is 18.4 Å². The Morgan fingerprint density at radius 1 is 1.39 bits per heavy atom. The van der Waals surface area contributed by atoms with Crippen LogP contribution in [0.4, 0.5) is 0 Å². The fourth-order valence-corrected chi connectivity index (χ4v) is 3.12. The Hall–Kier alpha value is -1.90. The highest BCUT2D eigenvalue weighted by atomic mass is 16.3. The summed E-state index contributed by atoms with van der Waals surface area (Å²) in [6.07, 6.45) is 2.38. The average molecular weight is 315 g/mol. The summed E-state index contributed by atoms with van der Waals surface area (Å²) < 4.78 is 0. The van der Waals surface area contributed by atoms with E-state index in [9.17, 15) is 9.90 Å². The minimum atomic E-state index is -0.0299. The van der Waals surface area contributed by atoms with Crippen molar-refractivity contribution in [2.45, 2.75) is 25.8 Å². The summed E-state index contributed by atoms with van der Waals surface area (Å²) in [5.74, 6) is 0.0854. The molecule has 1 saturated heterocycles. The highest BCUT2D eigenvalue weighted by molar-refractivity contribution is 5.79. The number of aliphatic hydroxyl groups is 1. The van der Waals surface area contributed by atoms with Crippen LogP contribution in [0.3, 0.4) is 0 Å². The topological polar surface area (TPSA) is 67.6 Å². The Kier molecular flexibility index (Phi) is 7.05. The molecule has 23 heavy (non-hydrogen) atoms. The zero-order valence-electron chi connectivity index (χ0n) is 13.5. The van der Waals surface area contributed by atoms with Gasteiger partial charge in [0.2, 0.25) is 5.91 Å². The third-order valence-corrected chi connectivity index (χ3v) is 4.29. The van der Waals surface area contributed by atoms with E-state index >= 15 is 0 Å². The van der Waals surface area contributed by atoms with Gasteiger partial charge in [-0.1, -0.05) is 30.3 Å². The molecular weight excluding hydrogens is 290 g/mol. The molecule has 0 spiro atoms. The summed E-state index contributed by atoms with van der Waals surface area (Å²) >= 11 is 0. The lowest BCUT2D eigenvalue weighted by molar-refractivity contribution is -0.138. The SMILES string of the molecule is N#CCCN1CCCC(C(=O)N(CCO)Cc2ccccc2)C1. The number of piperidine rings is 1.